The first kappa shape index (κ1) is 19.8. The lowest BCUT2D eigenvalue weighted by molar-refractivity contribution is -0.264. The van der Waals surface area contributed by atoms with Crippen molar-refractivity contribution in [2.24, 2.45) is 0 Å². The van der Waals surface area contributed by atoms with Gasteiger partial charge in [-0.2, -0.15) is 0 Å². The minimum atomic E-state index is -1.56. The van der Waals surface area contributed by atoms with Gasteiger partial charge in [0.15, 0.2) is 18.5 Å². The quantitative estimate of drug-likeness (QED) is 0.456. The first-order valence-electron chi connectivity index (χ1n) is 7.20. The Labute approximate surface area is 138 Å². The SMILES string of the molecule is CC(=O)N[C@H]1[C@H](OC(C)=O)[C@H](OC(C)=O)[C@H](COC(C)=O)O[C@H]1O. The molecule has 0 aromatic carbocycles. The lowest BCUT2D eigenvalue weighted by Gasteiger charge is -2.43. The van der Waals surface area contributed by atoms with E-state index in [0.29, 0.717) is 0 Å². The summed E-state index contributed by atoms with van der Waals surface area (Å²) >= 11 is 0. The van der Waals surface area contributed by atoms with Gasteiger partial charge in [0.2, 0.25) is 5.91 Å². The molecule has 1 aliphatic heterocycles. The first-order valence-corrected chi connectivity index (χ1v) is 7.20. The Balaban J connectivity index is 3.11. The topological polar surface area (TPSA) is 137 Å². The van der Waals surface area contributed by atoms with Crippen LogP contribution in [0.1, 0.15) is 27.7 Å². The number of aliphatic hydroxyl groups is 1. The highest BCUT2D eigenvalue weighted by Crippen LogP contribution is 2.26. The smallest absolute Gasteiger partial charge is 0.303 e. The van der Waals surface area contributed by atoms with Crippen molar-refractivity contribution < 1.29 is 43.2 Å². The first-order chi connectivity index (χ1) is 11.1. The number of nitrogens with one attached hydrogen (secondary N) is 1. The molecule has 0 aromatic heterocycles. The third kappa shape index (κ3) is 5.78. The summed E-state index contributed by atoms with van der Waals surface area (Å²) in [6.07, 6.45) is -5.06. The average molecular weight is 347 g/mol. The molecule has 1 heterocycles. The van der Waals surface area contributed by atoms with Gasteiger partial charge >= 0.3 is 17.9 Å². The highest BCUT2D eigenvalue weighted by Gasteiger charge is 2.50. The van der Waals surface area contributed by atoms with E-state index in [4.69, 9.17) is 18.9 Å². The molecule has 0 aliphatic carbocycles. The Morgan fingerprint density at radius 3 is 1.96 bits per heavy atom. The van der Waals surface area contributed by atoms with Crippen LogP contribution in [0.15, 0.2) is 0 Å². The van der Waals surface area contributed by atoms with Crippen LogP contribution in [0, 0.1) is 0 Å². The van der Waals surface area contributed by atoms with Crippen LogP contribution in [0.2, 0.25) is 0 Å². The van der Waals surface area contributed by atoms with Crippen LogP contribution in [0.3, 0.4) is 0 Å². The summed E-state index contributed by atoms with van der Waals surface area (Å²) in [5, 5.41) is 12.5. The molecule has 1 rings (SSSR count). The van der Waals surface area contributed by atoms with Crippen molar-refractivity contribution in [3.63, 3.8) is 0 Å². The molecule has 0 radical (unpaired) electrons. The highest BCUT2D eigenvalue weighted by atomic mass is 16.7. The molecule has 10 heteroatoms. The van der Waals surface area contributed by atoms with Crippen LogP contribution >= 0.6 is 0 Å². The number of aliphatic hydroxyl groups excluding tert-OH is 1. The Morgan fingerprint density at radius 1 is 0.958 bits per heavy atom. The molecule has 1 aliphatic rings. The predicted molar refractivity (Wildman–Crippen MR) is 76.2 cm³/mol. The second-order valence-corrected chi connectivity index (χ2v) is 5.24. The van der Waals surface area contributed by atoms with E-state index in [1.54, 1.807) is 0 Å². The molecule has 0 saturated carbocycles. The molecule has 136 valence electrons. The summed E-state index contributed by atoms with van der Waals surface area (Å²) in [5.41, 5.74) is 0. The molecular weight excluding hydrogens is 326 g/mol. The molecular formula is C14H21NO9. The van der Waals surface area contributed by atoms with Gasteiger partial charge in [0.05, 0.1) is 0 Å². The van der Waals surface area contributed by atoms with Crippen molar-refractivity contribution in [2.75, 3.05) is 6.61 Å². The van der Waals surface area contributed by atoms with Gasteiger partial charge in [0, 0.05) is 27.7 Å². The van der Waals surface area contributed by atoms with Gasteiger partial charge in [-0.1, -0.05) is 0 Å². The molecule has 0 spiro atoms. The molecule has 2 N–H and O–H groups in total. The average Bonchev–Trinajstić information content (AvgIpc) is 2.42. The monoisotopic (exact) mass is 347 g/mol. The Kier molecular flexibility index (Phi) is 7.11. The number of carbonyl (C=O) groups excluding carboxylic acids is 4. The molecule has 1 amide bonds. The minimum Gasteiger partial charge on any atom is -0.463 e. The lowest BCUT2D eigenvalue weighted by Crippen LogP contribution is -2.66. The van der Waals surface area contributed by atoms with Crippen LogP contribution in [0.4, 0.5) is 0 Å². The molecule has 1 fully saturated rings. The second-order valence-electron chi connectivity index (χ2n) is 5.24. The van der Waals surface area contributed by atoms with E-state index in [0.717, 1.165) is 13.8 Å². The molecule has 0 unspecified atom stereocenters. The summed E-state index contributed by atoms with van der Waals surface area (Å²) in [7, 11) is 0. The van der Waals surface area contributed by atoms with Crippen LogP contribution in [-0.4, -0.2) is 66.2 Å². The maximum absolute atomic E-state index is 11.4. The van der Waals surface area contributed by atoms with Crippen molar-refractivity contribution in [3.05, 3.63) is 0 Å². The standard InChI is InChI=1S/C14H21NO9/c1-6(16)15-11-13(23-9(4)19)12(22-8(3)18)10(24-14(11)20)5-21-7(2)17/h10-14,20H,5H2,1-4H3,(H,15,16)/t10-,11-,12+,13-,14+/m0/s1. The van der Waals surface area contributed by atoms with E-state index in [1.807, 2.05) is 0 Å². The number of amides is 1. The highest BCUT2D eigenvalue weighted by molar-refractivity contribution is 5.73. The summed E-state index contributed by atoms with van der Waals surface area (Å²) in [6.45, 7) is 4.28. The maximum Gasteiger partial charge on any atom is 0.303 e. The van der Waals surface area contributed by atoms with E-state index in [2.05, 4.69) is 5.32 Å². The molecule has 10 nitrogen and oxygen atoms in total. The molecule has 5 atom stereocenters. The molecule has 0 aromatic rings. The summed E-state index contributed by atoms with van der Waals surface area (Å²) in [4.78, 5) is 45.0. The predicted octanol–water partition coefficient (Wildman–Crippen LogP) is -1.37. The van der Waals surface area contributed by atoms with E-state index in [-0.39, 0.29) is 6.61 Å². The van der Waals surface area contributed by atoms with Crippen LogP contribution < -0.4 is 5.32 Å². The van der Waals surface area contributed by atoms with E-state index >= 15 is 0 Å². The zero-order valence-corrected chi connectivity index (χ0v) is 13.8. The summed E-state index contributed by atoms with van der Waals surface area (Å²) in [6, 6.07) is -1.16. The fourth-order valence-electron chi connectivity index (χ4n) is 2.31. The number of hydrogen-bond acceptors (Lipinski definition) is 9. The van der Waals surface area contributed by atoms with Crippen LogP contribution in [-0.2, 0) is 38.1 Å². The van der Waals surface area contributed by atoms with E-state index < -0.39 is 54.5 Å². The van der Waals surface area contributed by atoms with Gasteiger partial charge in [-0.15, -0.1) is 0 Å². The summed E-state index contributed by atoms with van der Waals surface area (Å²) < 4.78 is 20.3. The third-order valence-electron chi connectivity index (χ3n) is 3.09. The van der Waals surface area contributed by atoms with Crippen molar-refractivity contribution in [1.82, 2.24) is 5.32 Å². The fourth-order valence-corrected chi connectivity index (χ4v) is 2.31. The van der Waals surface area contributed by atoms with Gasteiger partial charge in [-0.05, 0) is 0 Å². The fraction of sp³-hybridized carbons (Fsp3) is 0.714. The number of carbonyl (C=O) groups is 4. The van der Waals surface area contributed by atoms with E-state index in [1.165, 1.54) is 13.8 Å². The molecule has 24 heavy (non-hydrogen) atoms. The summed E-state index contributed by atoms with van der Waals surface area (Å²) in [5.74, 6) is -2.54. The van der Waals surface area contributed by atoms with Gasteiger partial charge in [0.25, 0.3) is 0 Å². The third-order valence-corrected chi connectivity index (χ3v) is 3.09. The molecule has 0 bridgehead atoms. The van der Waals surface area contributed by atoms with Crippen molar-refractivity contribution in [2.45, 2.75) is 58.3 Å². The van der Waals surface area contributed by atoms with Crippen LogP contribution in [0.5, 0.6) is 0 Å². The Morgan fingerprint density at radius 2 is 1.50 bits per heavy atom. The number of rotatable bonds is 5. The normalized spacial score (nSPS) is 29.3. The lowest BCUT2D eigenvalue weighted by atomic mass is 9.96. The van der Waals surface area contributed by atoms with E-state index in [9.17, 15) is 24.3 Å². The minimum absolute atomic E-state index is 0.338. The Hall–Kier alpha value is -2.20. The second kappa shape index (κ2) is 8.60. The zero-order chi connectivity index (χ0) is 18.4. The largest absolute Gasteiger partial charge is 0.463 e. The number of hydrogen-bond donors (Lipinski definition) is 2. The van der Waals surface area contributed by atoms with Crippen LogP contribution in [0.25, 0.3) is 0 Å². The molecule has 1 saturated heterocycles. The van der Waals surface area contributed by atoms with Crippen molar-refractivity contribution in [3.8, 4) is 0 Å². The van der Waals surface area contributed by atoms with Crippen molar-refractivity contribution >= 4 is 23.8 Å². The van der Waals surface area contributed by atoms with Crippen molar-refractivity contribution in [1.29, 1.82) is 0 Å². The zero-order valence-electron chi connectivity index (χ0n) is 13.8. The van der Waals surface area contributed by atoms with Gasteiger partial charge < -0.3 is 29.4 Å². The maximum atomic E-state index is 11.4. The Bertz CT molecular complexity index is 506. The van der Waals surface area contributed by atoms with Gasteiger partial charge in [-0.3, -0.25) is 19.2 Å². The van der Waals surface area contributed by atoms with Gasteiger partial charge in [0.1, 0.15) is 18.8 Å². The number of esters is 3. The van der Waals surface area contributed by atoms with Gasteiger partial charge in [-0.25, -0.2) is 0 Å². The number of ether oxygens (including phenoxy) is 4.